The van der Waals surface area contributed by atoms with Crippen LogP contribution in [0.4, 0.5) is 28.4 Å². The zero-order chi connectivity index (χ0) is 40.4. The Balaban J connectivity index is 0.911. The quantitative estimate of drug-likeness (QED) is 0.0530. The van der Waals surface area contributed by atoms with Crippen molar-refractivity contribution in [2.24, 2.45) is 7.05 Å². The van der Waals surface area contributed by atoms with Gasteiger partial charge >= 0.3 is 0 Å². The summed E-state index contributed by atoms with van der Waals surface area (Å²) in [4.78, 5) is 20.2. The zero-order valence-electron chi connectivity index (χ0n) is 33.4. The molecule has 2 N–H and O–H groups in total. The van der Waals surface area contributed by atoms with E-state index in [0.29, 0.717) is 23.7 Å². The molecule has 1 fully saturated rings. The maximum Gasteiger partial charge on any atom is 0.292 e. The van der Waals surface area contributed by atoms with Crippen molar-refractivity contribution in [2.45, 2.75) is 23.8 Å². The first-order chi connectivity index (χ1) is 28.2. The summed E-state index contributed by atoms with van der Waals surface area (Å²) >= 11 is 7.94. The third kappa shape index (κ3) is 10.5. The Hall–Kier alpha value is -5.49. The van der Waals surface area contributed by atoms with Gasteiger partial charge in [-0.2, -0.15) is 5.10 Å². The minimum absolute atomic E-state index is 0.0798. The molecule has 0 aliphatic carbocycles. The van der Waals surface area contributed by atoms with Crippen molar-refractivity contribution in [3.05, 3.63) is 148 Å². The fourth-order valence-electron chi connectivity index (χ4n) is 7.38. The van der Waals surface area contributed by atoms with Crippen LogP contribution in [0.25, 0.3) is 22.4 Å². The van der Waals surface area contributed by atoms with Gasteiger partial charge in [0, 0.05) is 95.7 Å². The van der Waals surface area contributed by atoms with Gasteiger partial charge in [0.15, 0.2) is 0 Å². The molecule has 6 aromatic rings. The van der Waals surface area contributed by atoms with Crippen molar-refractivity contribution < 1.29 is 4.92 Å². The second-order valence-electron chi connectivity index (χ2n) is 15.0. The SMILES string of the molecule is CN(C)CC[C@H](CSc1ccccc1)Nc1ccc(CCNc2ccc(N3CCN(c4cccc(-c5cnn(C)c5-c5ccc(Cl)cc5)c4)CC3)cc2)cc1[N+](=O)[O-]. The first kappa shape index (κ1) is 40.7. The maximum atomic E-state index is 12.2. The smallest absolute Gasteiger partial charge is 0.292 e. The summed E-state index contributed by atoms with van der Waals surface area (Å²) in [5.41, 5.74) is 9.43. The summed E-state index contributed by atoms with van der Waals surface area (Å²) in [6.07, 6.45) is 3.49. The van der Waals surface area contributed by atoms with Gasteiger partial charge in [-0.15, -0.1) is 11.8 Å². The predicted molar refractivity (Wildman–Crippen MR) is 243 cm³/mol. The highest BCUT2D eigenvalue weighted by atomic mass is 35.5. The van der Waals surface area contributed by atoms with Crippen LogP contribution >= 0.6 is 23.4 Å². The first-order valence-corrected chi connectivity index (χ1v) is 21.1. The van der Waals surface area contributed by atoms with Crippen LogP contribution in [-0.4, -0.2) is 84.8 Å². The molecule has 0 bridgehead atoms. The number of hydrogen-bond donors (Lipinski definition) is 2. The zero-order valence-corrected chi connectivity index (χ0v) is 34.9. The number of thioether (sulfide) groups is 1. The lowest BCUT2D eigenvalue weighted by Crippen LogP contribution is -2.46. The molecule has 12 heteroatoms. The van der Waals surface area contributed by atoms with Crippen LogP contribution in [0.15, 0.2) is 132 Å². The molecule has 0 saturated carbocycles. The summed E-state index contributed by atoms with van der Waals surface area (Å²) in [5.74, 6) is 0.811. The monoisotopic (exact) mass is 814 g/mol. The van der Waals surface area contributed by atoms with Crippen LogP contribution in [0.1, 0.15) is 12.0 Å². The second-order valence-corrected chi connectivity index (χ2v) is 16.5. The van der Waals surface area contributed by atoms with Crippen LogP contribution in [-0.2, 0) is 13.5 Å². The number of benzene rings is 5. The Labute approximate surface area is 351 Å². The molecule has 1 aliphatic heterocycles. The van der Waals surface area contributed by atoms with Crippen LogP contribution in [0.2, 0.25) is 5.02 Å². The van der Waals surface area contributed by atoms with Crippen molar-refractivity contribution >= 4 is 51.8 Å². The number of nitrogens with one attached hydrogen (secondary N) is 2. The first-order valence-electron chi connectivity index (χ1n) is 19.8. The Bertz CT molecular complexity index is 2260. The van der Waals surface area contributed by atoms with Crippen molar-refractivity contribution in [1.29, 1.82) is 0 Å². The molecule has 0 unspecified atom stereocenters. The van der Waals surface area contributed by atoms with Crippen LogP contribution < -0.4 is 20.4 Å². The molecule has 10 nitrogen and oxygen atoms in total. The van der Waals surface area contributed by atoms with Gasteiger partial charge in [-0.05, 0) is 111 Å². The van der Waals surface area contributed by atoms with Gasteiger partial charge in [0.1, 0.15) is 5.69 Å². The summed E-state index contributed by atoms with van der Waals surface area (Å²) in [6.45, 7) is 5.24. The van der Waals surface area contributed by atoms with E-state index in [-0.39, 0.29) is 16.7 Å². The Morgan fingerprint density at radius 2 is 1.57 bits per heavy atom. The number of nitro groups is 1. The highest BCUT2D eigenvalue weighted by Gasteiger charge is 2.21. The summed E-state index contributed by atoms with van der Waals surface area (Å²) in [7, 11) is 6.08. The average Bonchev–Trinajstić information content (AvgIpc) is 3.64. The molecule has 2 heterocycles. The lowest BCUT2D eigenvalue weighted by molar-refractivity contribution is -0.384. The van der Waals surface area contributed by atoms with Gasteiger partial charge in [0.05, 0.1) is 16.8 Å². The fourth-order valence-corrected chi connectivity index (χ4v) is 8.50. The van der Waals surface area contributed by atoms with Crippen molar-refractivity contribution in [1.82, 2.24) is 14.7 Å². The van der Waals surface area contributed by atoms with E-state index in [9.17, 15) is 10.1 Å². The number of nitro benzene ring substituents is 1. The summed E-state index contributed by atoms with van der Waals surface area (Å²) < 4.78 is 1.92. The summed E-state index contributed by atoms with van der Waals surface area (Å²) in [5, 5.41) is 24.5. The van der Waals surface area contributed by atoms with E-state index in [1.54, 1.807) is 17.8 Å². The van der Waals surface area contributed by atoms with Crippen LogP contribution in [0.3, 0.4) is 0 Å². The third-order valence-corrected chi connectivity index (χ3v) is 12.0. The maximum absolute atomic E-state index is 12.2. The third-order valence-electron chi connectivity index (χ3n) is 10.6. The molecule has 1 saturated heterocycles. The highest BCUT2D eigenvalue weighted by Crippen LogP contribution is 2.35. The van der Waals surface area contributed by atoms with Gasteiger partial charge in [0.2, 0.25) is 0 Å². The van der Waals surface area contributed by atoms with Gasteiger partial charge < -0.3 is 25.3 Å². The minimum atomic E-state index is -0.274. The van der Waals surface area contributed by atoms with E-state index in [0.717, 1.165) is 78.5 Å². The number of halogens is 1. The van der Waals surface area contributed by atoms with Gasteiger partial charge in [-0.25, -0.2) is 0 Å². The minimum Gasteiger partial charge on any atom is -0.385 e. The van der Waals surface area contributed by atoms with E-state index in [4.69, 9.17) is 11.6 Å². The van der Waals surface area contributed by atoms with Crippen molar-refractivity contribution in [3.63, 3.8) is 0 Å². The number of anilines is 4. The molecule has 1 aromatic heterocycles. The number of rotatable bonds is 17. The van der Waals surface area contributed by atoms with Crippen LogP contribution in [0.5, 0.6) is 0 Å². The van der Waals surface area contributed by atoms with Gasteiger partial charge in [-0.3, -0.25) is 14.8 Å². The molecule has 0 radical (unpaired) electrons. The van der Waals surface area contributed by atoms with Gasteiger partial charge in [-0.1, -0.05) is 60.1 Å². The predicted octanol–water partition coefficient (Wildman–Crippen LogP) is 9.82. The standard InChI is InChI=1S/C46H51ClN8O2S/c1-51(2)25-23-39(33-58-42-10-5-4-6-11-42)50-44-21-12-34(30-45(44)55(56)57)22-24-48-38-17-19-40(20-18-38)53-26-28-54(29-27-53)41-9-7-8-36(31-41)43-32-49-52(3)46(43)35-13-15-37(47)16-14-35/h4-21,30-32,39,48,50H,22-29,33H2,1-3H3/t39-/m1/s1. The molecule has 300 valence electrons. The van der Waals surface area contributed by atoms with E-state index >= 15 is 0 Å². The Kier molecular flexibility index (Phi) is 13.5. The van der Waals surface area contributed by atoms with E-state index in [1.807, 2.05) is 86.6 Å². The average molecular weight is 815 g/mol. The number of hydrogen-bond acceptors (Lipinski definition) is 9. The van der Waals surface area contributed by atoms with E-state index < -0.39 is 0 Å². The normalized spacial score (nSPS) is 13.5. The van der Waals surface area contributed by atoms with Crippen LogP contribution in [0, 0.1) is 10.1 Å². The van der Waals surface area contributed by atoms with E-state index in [2.05, 4.69) is 91.1 Å². The Morgan fingerprint density at radius 1 is 0.845 bits per heavy atom. The highest BCUT2D eigenvalue weighted by molar-refractivity contribution is 7.99. The molecule has 5 aromatic carbocycles. The summed E-state index contributed by atoms with van der Waals surface area (Å²) in [6, 6.07) is 41.2. The molecule has 7 rings (SSSR count). The fraction of sp³-hybridized carbons (Fsp3) is 0.283. The number of nitrogens with zero attached hydrogens (tertiary/aromatic N) is 6. The molecule has 0 amide bonds. The number of aromatic nitrogens is 2. The topological polar surface area (TPSA) is 94.7 Å². The second kappa shape index (κ2) is 19.3. The van der Waals surface area contributed by atoms with Crippen molar-refractivity contribution in [3.8, 4) is 22.4 Å². The lowest BCUT2D eigenvalue weighted by atomic mass is 10.0. The molecule has 1 aliphatic rings. The molecular formula is C46H51ClN8O2S. The largest absolute Gasteiger partial charge is 0.385 e. The van der Waals surface area contributed by atoms with Gasteiger partial charge in [0.25, 0.3) is 5.69 Å². The number of aryl methyl sites for hydroxylation is 1. The molecular weight excluding hydrogens is 764 g/mol. The molecule has 1 atom stereocenters. The Morgan fingerprint density at radius 3 is 2.28 bits per heavy atom. The van der Waals surface area contributed by atoms with Crippen molar-refractivity contribution in [2.75, 3.05) is 79.6 Å². The molecule has 58 heavy (non-hydrogen) atoms. The lowest BCUT2D eigenvalue weighted by Gasteiger charge is -2.37. The molecule has 0 spiro atoms. The number of piperazine rings is 1. The van der Waals surface area contributed by atoms with E-state index in [1.165, 1.54) is 16.3 Å².